The van der Waals surface area contributed by atoms with E-state index in [1.807, 2.05) is 24.5 Å². The van der Waals surface area contributed by atoms with E-state index < -0.39 is 0 Å². The first kappa shape index (κ1) is 15.2. The minimum absolute atomic E-state index is 0.238. The third kappa shape index (κ3) is 3.68. The predicted octanol–water partition coefficient (Wildman–Crippen LogP) is 3.71. The van der Waals surface area contributed by atoms with Gasteiger partial charge in [0.25, 0.3) is 0 Å². The van der Waals surface area contributed by atoms with E-state index in [2.05, 4.69) is 6.07 Å². The van der Waals surface area contributed by atoms with Crippen LogP contribution in [0.15, 0.2) is 23.1 Å². The van der Waals surface area contributed by atoms with E-state index in [0.717, 1.165) is 17.7 Å². The maximum atomic E-state index is 9.30. The molecule has 108 valence electrons. The van der Waals surface area contributed by atoms with Gasteiger partial charge in [-0.05, 0) is 31.2 Å². The van der Waals surface area contributed by atoms with Crippen molar-refractivity contribution in [2.45, 2.75) is 49.0 Å². The summed E-state index contributed by atoms with van der Waals surface area (Å²) in [6.45, 7) is 0.500. The number of nitrogens with two attached hydrogens (primary N) is 1. The van der Waals surface area contributed by atoms with Gasteiger partial charge in [0.05, 0.1) is 5.54 Å². The van der Waals surface area contributed by atoms with Crippen LogP contribution in [0.2, 0.25) is 0 Å². The van der Waals surface area contributed by atoms with Gasteiger partial charge in [-0.2, -0.15) is 5.26 Å². The van der Waals surface area contributed by atoms with Gasteiger partial charge in [-0.15, -0.1) is 11.8 Å². The maximum Gasteiger partial charge on any atom is 0.138 e. The van der Waals surface area contributed by atoms with Crippen LogP contribution in [0.4, 0.5) is 0 Å². The number of ether oxygens (including phenoxy) is 1. The second-order valence-corrected chi connectivity index (χ2v) is 6.36. The molecule has 1 aromatic carbocycles. The van der Waals surface area contributed by atoms with Crippen LogP contribution in [0, 0.1) is 11.3 Å². The number of hydrogen-bond acceptors (Lipinski definition) is 4. The molecule has 0 bridgehead atoms. The van der Waals surface area contributed by atoms with Gasteiger partial charge in [0.15, 0.2) is 0 Å². The monoisotopic (exact) mass is 290 g/mol. The van der Waals surface area contributed by atoms with E-state index >= 15 is 0 Å². The first-order valence-electron chi connectivity index (χ1n) is 7.17. The quantitative estimate of drug-likeness (QED) is 0.678. The minimum Gasteiger partial charge on any atom is -0.490 e. The molecule has 20 heavy (non-hydrogen) atoms. The van der Waals surface area contributed by atoms with Crippen LogP contribution in [0.25, 0.3) is 0 Å². The summed E-state index contributed by atoms with van der Waals surface area (Å²) in [5.41, 5.74) is 6.84. The lowest BCUT2D eigenvalue weighted by Gasteiger charge is -2.28. The van der Waals surface area contributed by atoms with Gasteiger partial charge in [-0.25, -0.2) is 0 Å². The largest absolute Gasteiger partial charge is 0.490 e. The van der Waals surface area contributed by atoms with Crippen molar-refractivity contribution in [1.82, 2.24) is 0 Å². The summed E-state index contributed by atoms with van der Waals surface area (Å²) in [4.78, 5) is 0.955. The predicted molar refractivity (Wildman–Crippen MR) is 83.1 cm³/mol. The molecule has 2 N–H and O–H groups in total. The molecule has 0 unspecified atom stereocenters. The zero-order valence-corrected chi connectivity index (χ0v) is 12.8. The molecule has 0 aromatic heterocycles. The molecule has 1 saturated carbocycles. The van der Waals surface area contributed by atoms with Crippen LogP contribution in [0.3, 0.4) is 0 Å². The molecule has 1 aliphatic carbocycles. The molecule has 0 saturated heterocycles. The van der Waals surface area contributed by atoms with Gasteiger partial charge < -0.3 is 10.5 Å². The molecular formula is C16H22N2OS. The second kappa shape index (κ2) is 7.01. The van der Waals surface area contributed by atoms with Gasteiger partial charge in [0.2, 0.25) is 0 Å². The number of hydrogen-bond donors (Lipinski definition) is 1. The Kier molecular flexibility index (Phi) is 5.33. The average molecular weight is 290 g/mol. The fourth-order valence-corrected chi connectivity index (χ4v) is 3.28. The first-order valence-corrected chi connectivity index (χ1v) is 8.40. The van der Waals surface area contributed by atoms with Crippen molar-refractivity contribution in [3.63, 3.8) is 0 Å². The number of nitrogens with zero attached hydrogens (tertiary/aromatic N) is 1. The lowest BCUT2D eigenvalue weighted by molar-refractivity contribution is 0.199. The molecule has 0 atom stereocenters. The van der Waals surface area contributed by atoms with Crippen molar-refractivity contribution in [3.05, 3.63) is 23.8 Å². The zero-order chi connectivity index (χ0) is 14.4. The van der Waals surface area contributed by atoms with Crippen LogP contribution >= 0.6 is 11.8 Å². The molecule has 1 fully saturated rings. The van der Waals surface area contributed by atoms with Crippen LogP contribution in [-0.2, 0) is 0 Å². The van der Waals surface area contributed by atoms with Gasteiger partial charge in [0.1, 0.15) is 24.0 Å². The van der Waals surface area contributed by atoms with Crippen molar-refractivity contribution in [3.8, 4) is 11.8 Å². The van der Waals surface area contributed by atoms with E-state index in [4.69, 9.17) is 10.5 Å². The Bertz CT molecular complexity index is 488. The molecular weight excluding hydrogens is 268 g/mol. The van der Waals surface area contributed by atoms with Gasteiger partial charge in [-0.3, -0.25) is 0 Å². The third-order valence-electron chi connectivity index (χ3n) is 3.93. The second-order valence-electron chi connectivity index (χ2n) is 5.51. The number of thioether (sulfide) groups is 1. The van der Waals surface area contributed by atoms with E-state index in [0.29, 0.717) is 17.9 Å². The van der Waals surface area contributed by atoms with E-state index in [-0.39, 0.29) is 5.54 Å². The highest BCUT2D eigenvalue weighted by Crippen LogP contribution is 2.30. The van der Waals surface area contributed by atoms with Crippen LogP contribution in [0.5, 0.6) is 5.75 Å². The Morgan fingerprint density at radius 1 is 1.30 bits per heavy atom. The van der Waals surface area contributed by atoms with Crippen molar-refractivity contribution in [2.75, 3.05) is 12.9 Å². The molecule has 0 radical (unpaired) electrons. The summed E-state index contributed by atoms with van der Waals surface area (Å²) >= 11 is 1.56. The molecule has 0 heterocycles. The normalized spacial score (nSPS) is 18.1. The summed E-state index contributed by atoms with van der Waals surface area (Å²) in [5, 5.41) is 9.30. The summed E-state index contributed by atoms with van der Waals surface area (Å²) in [6.07, 6.45) is 8.88. The molecule has 1 aromatic rings. The Morgan fingerprint density at radius 2 is 2.00 bits per heavy atom. The highest BCUT2D eigenvalue weighted by molar-refractivity contribution is 7.98. The topological polar surface area (TPSA) is 59.0 Å². The summed E-state index contributed by atoms with van der Waals surface area (Å²) in [5.74, 6) is 0.661. The average Bonchev–Trinajstić information content (AvgIpc) is 2.69. The molecule has 0 aliphatic heterocycles. The Balaban J connectivity index is 2.09. The molecule has 0 amide bonds. The Hall–Kier alpha value is -1.18. The van der Waals surface area contributed by atoms with Crippen molar-refractivity contribution in [2.24, 2.45) is 5.73 Å². The number of benzene rings is 1. The standard InChI is InChI=1S/C16H22N2OS/c1-20-15-8-6-7-14(13(15)11-17)19-12-16(18)9-4-2-3-5-10-16/h6-8H,2-5,9-10,12,18H2,1H3. The smallest absolute Gasteiger partial charge is 0.138 e. The fourth-order valence-electron chi connectivity index (χ4n) is 2.71. The molecule has 2 rings (SSSR count). The van der Waals surface area contributed by atoms with Gasteiger partial charge in [-0.1, -0.05) is 31.7 Å². The maximum absolute atomic E-state index is 9.30. The Labute approximate surface area is 125 Å². The lowest BCUT2D eigenvalue weighted by atomic mass is 9.92. The summed E-state index contributed by atoms with van der Waals surface area (Å²) < 4.78 is 5.91. The van der Waals surface area contributed by atoms with E-state index in [9.17, 15) is 5.26 Å². The Morgan fingerprint density at radius 3 is 2.60 bits per heavy atom. The molecule has 1 aliphatic rings. The van der Waals surface area contributed by atoms with E-state index in [1.54, 1.807) is 11.8 Å². The fraction of sp³-hybridized carbons (Fsp3) is 0.562. The summed E-state index contributed by atoms with van der Waals surface area (Å²) in [7, 11) is 0. The molecule has 3 nitrogen and oxygen atoms in total. The lowest BCUT2D eigenvalue weighted by Crippen LogP contribution is -2.45. The van der Waals surface area contributed by atoms with Crippen molar-refractivity contribution < 1.29 is 4.74 Å². The minimum atomic E-state index is -0.238. The first-order chi connectivity index (χ1) is 9.68. The van der Waals surface area contributed by atoms with E-state index in [1.165, 1.54) is 25.7 Å². The summed E-state index contributed by atoms with van der Waals surface area (Å²) in [6, 6.07) is 7.97. The molecule has 0 spiro atoms. The third-order valence-corrected chi connectivity index (χ3v) is 4.71. The van der Waals surface area contributed by atoms with Crippen molar-refractivity contribution >= 4 is 11.8 Å². The highest BCUT2D eigenvalue weighted by atomic mass is 32.2. The SMILES string of the molecule is CSc1cccc(OCC2(N)CCCCCC2)c1C#N. The van der Waals surface area contributed by atoms with Crippen molar-refractivity contribution in [1.29, 1.82) is 5.26 Å². The zero-order valence-electron chi connectivity index (χ0n) is 12.0. The van der Waals surface area contributed by atoms with Crippen LogP contribution < -0.4 is 10.5 Å². The van der Waals surface area contributed by atoms with Crippen LogP contribution in [-0.4, -0.2) is 18.4 Å². The van der Waals surface area contributed by atoms with Gasteiger partial charge >= 0.3 is 0 Å². The van der Waals surface area contributed by atoms with Gasteiger partial charge in [0, 0.05) is 4.90 Å². The number of nitriles is 1. The van der Waals surface area contributed by atoms with Crippen LogP contribution in [0.1, 0.15) is 44.1 Å². The molecule has 4 heteroatoms. The highest BCUT2D eigenvalue weighted by Gasteiger charge is 2.27. The number of rotatable bonds is 4.